The molecule has 4 N–H and O–H groups in total. The van der Waals surface area contributed by atoms with E-state index in [4.69, 9.17) is 5.41 Å². The Morgan fingerprint density at radius 1 is 0.759 bits per heavy atom. The van der Waals surface area contributed by atoms with Gasteiger partial charge in [0.15, 0.2) is 0 Å². The molecule has 1 aliphatic heterocycles. The van der Waals surface area contributed by atoms with Crippen molar-refractivity contribution in [2.24, 2.45) is 10.7 Å². The van der Waals surface area contributed by atoms with Gasteiger partial charge in [-0.1, -0.05) is 38.1 Å². The van der Waals surface area contributed by atoms with Crippen LogP contribution in [0.3, 0.4) is 0 Å². The summed E-state index contributed by atoms with van der Waals surface area (Å²) in [4.78, 5) is 13.4. The van der Waals surface area contributed by atoms with E-state index in [2.05, 4.69) is 135 Å². The Labute approximate surface area is 313 Å². The summed E-state index contributed by atoms with van der Waals surface area (Å²) in [5.74, 6) is 0.653. The largest absolute Gasteiger partial charge is 0.390 e. The molecule has 0 bridgehead atoms. The zero-order chi connectivity index (χ0) is 37.1. The van der Waals surface area contributed by atoms with Gasteiger partial charge in [-0.2, -0.15) is 0 Å². The zero-order valence-electron chi connectivity index (χ0n) is 30.5. The molecule has 2 atom stereocenters. The van der Waals surface area contributed by atoms with Crippen LogP contribution < -0.4 is 11.1 Å². The number of pyridine rings is 2. The highest BCUT2D eigenvalue weighted by Gasteiger charge is 2.31. The first-order chi connectivity index (χ1) is 26.4. The van der Waals surface area contributed by atoms with E-state index in [1.165, 1.54) is 77.0 Å². The number of fused-ring (bicyclic) bond motifs is 9. The third-order valence-corrected chi connectivity index (χ3v) is 11.3. The van der Waals surface area contributed by atoms with Gasteiger partial charge in [0.25, 0.3) is 0 Å². The fraction of sp³-hybridized carbons (Fsp3) is 0.130. The van der Waals surface area contributed by atoms with Crippen LogP contribution in [0.4, 0.5) is 0 Å². The van der Waals surface area contributed by atoms with Crippen LogP contribution in [0.25, 0.3) is 77.3 Å². The van der Waals surface area contributed by atoms with E-state index < -0.39 is 0 Å². The third kappa shape index (κ3) is 5.13. The highest BCUT2D eigenvalue weighted by molar-refractivity contribution is 6.14. The number of aromatic nitrogens is 4. The molecule has 8 nitrogen and oxygen atoms in total. The molecule has 0 amide bonds. The Bertz CT molecular complexity index is 2860. The molecule has 5 heterocycles. The van der Waals surface area contributed by atoms with Gasteiger partial charge in [-0.3, -0.25) is 15.4 Å². The maximum atomic E-state index is 5.86. The lowest BCUT2D eigenvalue weighted by atomic mass is 9.72. The van der Waals surface area contributed by atoms with Crippen molar-refractivity contribution < 1.29 is 0 Å². The molecule has 8 aromatic rings. The molecule has 2 aliphatic rings. The molecular weight excluding hydrogens is 665 g/mol. The molecule has 54 heavy (non-hydrogen) atoms. The molecule has 0 spiro atoms. The number of hydrogen-bond donors (Lipinski definition) is 3. The number of rotatable bonds is 4. The van der Waals surface area contributed by atoms with Gasteiger partial charge in [-0.15, -0.1) is 0 Å². The van der Waals surface area contributed by atoms with Gasteiger partial charge in [-0.25, -0.2) is 4.99 Å². The van der Waals surface area contributed by atoms with E-state index in [1.807, 2.05) is 43.1 Å². The number of allylic oxidation sites excluding steroid dienone is 1. The molecule has 4 aromatic heterocycles. The average Bonchev–Trinajstić information content (AvgIpc) is 3.71. The average molecular weight is 705 g/mol. The lowest BCUT2D eigenvalue weighted by Gasteiger charge is -2.32. The molecule has 0 radical (unpaired) electrons. The lowest BCUT2D eigenvalue weighted by Crippen LogP contribution is -2.16. The summed E-state index contributed by atoms with van der Waals surface area (Å²) in [6, 6.07) is 31.7. The summed E-state index contributed by atoms with van der Waals surface area (Å²) < 4.78 is 4.74. The predicted octanol–water partition coefficient (Wildman–Crippen LogP) is 10.1. The van der Waals surface area contributed by atoms with E-state index in [0.29, 0.717) is 11.8 Å². The van der Waals surface area contributed by atoms with Gasteiger partial charge in [0.2, 0.25) is 0 Å². The van der Waals surface area contributed by atoms with Crippen molar-refractivity contribution in [3.63, 3.8) is 0 Å². The quantitative estimate of drug-likeness (QED) is 0.125. The van der Waals surface area contributed by atoms with Crippen molar-refractivity contribution in [2.45, 2.75) is 32.6 Å². The van der Waals surface area contributed by atoms with E-state index in [-0.39, 0.29) is 0 Å². The van der Waals surface area contributed by atoms with E-state index >= 15 is 0 Å². The Morgan fingerprint density at radius 3 is 1.80 bits per heavy atom. The van der Waals surface area contributed by atoms with Crippen molar-refractivity contribution in [3.8, 4) is 22.5 Å². The van der Waals surface area contributed by atoms with Crippen molar-refractivity contribution in [1.82, 2.24) is 24.4 Å². The summed E-state index contributed by atoms with van der Waals surface area (Å²) in [6.07, 6.45) is 12.1. The molecule has 264 valence electrons. The molecular formula is C46H40N8. The topological polar surface area (TPSA) is 110 Å². The molecule has 10 rings (SSSR count). The van der Waals surface area contributed by atoms with E-state index in [1.54, 1.807) is 6.34 Å². The smallest absolute Gasteiger partial charge is 0.0881 e. The van der Waals surface area contributed by atoms with Crippen molar-refractivity contribution >= 4 is 67.4 Å². The molecule has 1 aliphatic carbocycles. The SMILES string of the molecule is C=C(C)c1ccc2c(c1)c1cc3c(cc1n2-c1cccnc1)-c1cc2c(cc1C(C)C3C)c1cc(C3=CN=CNC3)ccc1n2-c1cccnc1.N=CN. The minimum absolute atomic E-state index is 0.326. The number of nitrogens with two attached hydrogens (primary N) is 1. The summed E-state index contributed by atoms with van der Waals surface area (Å²) in [6.45, 7) is 11.9. The summed E-state index contributed by atoms with van der Waals surface area (Å²) in [7, 11) is 0. The van der Waals surface area contributed by atoms with Gasteiger partial charge in [-0.05, 0) is 131 Å². The van der Waals surface area contributed by atoms with Crippen LogP contribution in [-0.2, 0) is 0 Å². The van der Waals surface area contributed by atoms with E-state index in [0.717, 1.165) is 35.4 Å². The number of nitrogens with zero attached hydrogens (tertiary/aromatic N) is 5. The van der Waals surface area contributed by atoms with Gasteiger partial charge >= 0.3 is 0 Å². The van der Waals surface area contributed by atoms with Crippen LogP contribution in [0.1, 0.15) is 54.9 Å². The second kappa shape index (κ2) is 13.0. The Morgan fingerprint density at radius 2 is 1.30 bits per heavy atom. The first kappa shape index (κ1) is 33.1. The second-order valence-corrected chi connectivity index (χ2v) is 14.3. The minimum atomic E-state index is 0.326. The fourth-order valence-electron chi connectivity index (χ4n) is 8.47. The molecule has 0 saturated carbocycles. The number of benzene rings is 4. The lowest BCUT2D eigenvalue weighted by molar-refractivity contribution is 0.617. The summed E-state index contributed by atoms with van der Waals surface area (Å²) >= 11 is 0. The van der Waals surface area contributed by atoms with Crippen LogP contribution in [0.2, 0.25) is 0 Å². The van der Waals surface area contributed by atoms with Crippen molar-refractivity contribution in [3.05, 3.63) is 145 Å². The number of aliphatic imine (C=N–C) groups is 1. The molecule has 8 heteroatoms. The van der Waals surface area contributed by atoms with Gasteiger partial charge in [0.05, 0.1) is 58.5 Å². The van der Waals surface area contributed by atoms with Gasteiger partial charge in [0.1, 0.15) is 0 Å². The van der Waals surface area contributed by atoms with Crippen LogP contribution >= 0.6 is 0 Å². The first-order valence-electron chi connectivity index (χ1n) is 18.2. The van der Waals surface area contributed by atoms with Crippen molar-refractivity contribution in [2.75, 3.05) is 6.54 Å². The van der Waals surface area contributed by atoms with Crippen LogP contribution in [0.5, 0.6) is 0 Å². The van der Waals surface area contributed by atoms with Crippen LogP contribution in [0, 0.1) is 5.41 Å². The second-order valence-electron chi connectivity index (χ2n) is 14.3. The minimum Gasteiger partial charge on any atom is -0.390 e. The van der Waals surface area contributed by atoms with Crippen LogP contribution in [-0.4, -0.2) is 38.3 Å². The highest BCUT2D eigenvalue weighted by atomic mass is 15.0. The van der Waals surface area contributed by atoms with Crippen LogP contribution in [0.15, 0.2) is 127 Å². The maximum Gasteiger partial charge on any atom is 0.0881 e. The maximum absolute atomic E-state index is 5.86. The Balaban J connectivity index is 0.00000124. The van der Waals surface area contributed by atoms with Crippen molar-refractivity contribution in [1.29, 1.82) is 5.41 Å². The summed E-state index contributed by atoms with van der Waals surface area (Å²) in [5, 5.41) is 14.1. The molecule has 0 fully saturated rings. The normalized spacial score (nSPS) is 16.0. The van der Waals surface area contributed by atoms with Gasteiger partial charge < -0.3 is 20.2 Å². The Kier molecular flexibility index (Phi) is 7.96. The zero-order valence-corrected chi connectivity index (χ0v) is 30.5. The Hall–Kier alpha value is -6.80. The number of nitrogens with one attached hydrogen (secondary N) is 2. The summed E-state index contributed by atoms with van der Waals surface area (Å²) in [5.41, 5.74) is 21.1. The first-order valence-corrected chi connectivity index (χ1v) is 18.2. The molecule has 0 saturated heterocycles. The molecule has 2 unspecified atom stereocenters. The third-order valence-electron chi connectivity index (χ3n) is 11.3. The monoisotopic (exact) mass is 704 g/mol. The fourth-order valence-corrected chi connectivity index (χ4v) is 8.47. The molecule has 4 aromatic carbocycles. The predicted molar refractivity (Wildman–Crippen MR) is 225 cm³/mol. The van der Waals surface area contributed by atoms with Gasteiger partial charge in [0, 0.05) is 46.7 Å². The highest BCUT2D eigenvalue weighted by Crippen LogP contribution is 2.51. The van der Waals surface area contributed by atoms with E-state index in [9.17, 15) is 0 Å². The standard InChI is InChI=1S/C45H36N6.CH4N2/c1-26(2)29-9-11-42-38(15-29)40-17-34-27(3)28(4)35-18-41-39-16-30(31-21-48-25-49-22-31)10-12-43(39)51(33-8-6-14-47-24-33)45(41)20-37(35)36(34)19-44(40)50(42)32-7-5-13-46-23-32;2-1-3/h5-21,23-25,27-28H,1,22H2,2-4H3,(H,48,49);1H,(H3,2,3). The number of hydrogen-bond acceptors (Lipinski definition) is 5.